The molecule has 0 unspecified atom stereocenters. The maximum absolute atomic E-state index is 11.1. The number of rotatable bonds is 6. The predicted molar refractivity (Wildman–Crippen MR) is 69.7 cm³/mol. The first-order valence-corrected chi connectivity index (χ1v) is 6.19. The molecule has 0 N–H and O–H groups in total. The van der Waals surface area contributed by atoms with E-state index in [1.165, 1.54) is 0 Å². The molecule has 0 saturated heterocycles. The van der Waals surface area contributed by atoms with Crippen molar-refractivity contribution in [3.05, 3.63) is 0 Å². The highest BCUT2D eigenvalue weighted by Crippen LogP contribution is 2.31. The molecule has 0 radical (unpaired) electrons. The first-order chi connectivity index (χ1) is 7.33. The number of ketones is 1. The van der Waals surface area contributed by atoms with Gasteiger partial charge < -0.3 is 0 Å². The summed E-state index contributed by atoms with van der Waals surface area (Å²) in [5.41, 5.74) is -0.745. The van der Waals surface area contributed by atoms with Crippen molar-refractivity contribution in [3.63, 3.8) is 0 Å². The Morgan fingerprint density at radius 3 is 1.65 bits per heavy atom. The van der Waals surface area contributed by atoms with Crippen molar-refractivity contribution < 1.29 is 14.6 Å². The summed E-state index contributed by atoms with van der Waals surface area (Å²) in [6.45, 7) is 15.8. The molecule has 0 spiro atoms. The van der Waals surface area contributed by atoms with Crippen LogP contribution in [0.5, 0.6) is 0 Å². The van der Waals surface area contributed by atoms with Crippen molar-refractivity contribution in [2.45, 2.75) is 79.4 Å². The Bertz CT molecular complexity index is 259. The Morgan fingerprint density at radius 2 is 1.29 bits per heavy atom. The average Bonchev–Trinajstić information content (AvgIpc) is 1.94. The molecule has 3 nitrogen and oxygen atoms in total. The average molecular weight is 244 g/mol. The molecule has 0 aromatic heterocycles. The molecule has 0 atom stereocenters. The first kappa shape index (κ1) is 16.6. The molecule has 17 heavy (non-hydrogen) atoms. The van der Waals surface area contributed by atoms with Gasteiger partial charge in [-0.1, -0.05) is 20.8 Å². The second kappa shape index (κ2) is 5.49. The highest BCUT2D eigenvalue weighted by molar-refractivity contribution is 5.76. The molecular formula is C14H28O3. The number of Topliss-reactive ketones (excluding diaryl/α,β-unsaturated/α-hetero) is 1. The van der Waals surface area contributed by atoms with Crippen LogP contribution in [0.2, 0.25) is 0 Å². The Labute approximate surface area is 106 Å². The third kappa shape index (κ3) is 9.31. The maximum atomic E-state index is 11.1. The minimum atomic E-state index is -0.568. The molecule has 0 heterocycles. The molecule has 0 aromatic carbocycles. The summed E-state index contributed by atoms with van der Waals surface area (Å²) < 4.78 is 0. The van der Waals surface area contributed by atoms with E-state index in [1.807, 2.05) is 27.7 Å². The van der Waals surface area contributed by atoms with Gasteiger partial charge in [-0.05, 0) is 46.5 Å². The fourth-order valence-electron chi connectivity index (χ4n) is 2.16. The van der Waals surface area contributed by atoms with Crippen LogP contribution in [-0.2, 0) is 14.6 Å². The van der Waals surface area contributed by atoms with Crippen LogP contribution in [0.1, 0.15) is 68.2 Å². The lowest BCUT2D eigenvalue weighted by Gasteiger charge is -2.34. The van der Waals surface area contributed by atoms with Gasteiger partial charge in [0.2, 0.25) is 0 Å². The Balaban J connectivity index is 4.30. The Morgan fingerprint density at radius 1 is 0.882 bits per heavy atom. The summed E-state index contributed by atoms with van der Waals surface area (Å²) in [4.78, 5) is 22.0. The monoisotopic (exact) mass is 244 g/mol. The second-order valence-electron chi connectivity index (χ2n) is 7.30. The van der Waals surface area contributed by atoms with Crippen LogP contribution in [0.15, 0.2) is 0 Å². The SMILES string of the molecule is CC(=O)CC(C)(C)OOC(C)(C)CC(C)(C)C. The molecule has 102 valence electrons. The van der Waals surface area contributed by atoms with Gasteiger partial charge in [-0.3, -0.25) is 4.79 Å². The molecule has 0 aliphatic heterocycles. The highest BCUT2D eigenvalue weighted by atomic mass is 17.2. The van der Waals surface area contributed by atoms with E-state index >= 15 is 0 Å². The largest absolute Gasteiger partial charge is 0.300 e. The molecular weight excluding hydrogens is 216 g/mol. The van der Waals surface area contributed by atoms with Gasteiger partial charge >= 0.3 is 0 Å². The predicted octanol–water partition coefficient (Wildman–Crippen LogP) is 3.91. The van der Waals surface area contributed by atoms with E-state index in [1.54, 1.807) is 6.92 Å². The maximum Gasteiger partial charge on any atom is 0.132 e. The molecule has 0 fully saturated rings. The molecule has 0 aliphatic carbocycles. The lowest BCUT2D eigenvalue weighted by Crippen LogP contribution is -2.36. The Kier molecular flexibility index (Phi) is 5.36. The van der Waals surface area contributed by atoms with Gasteiger partial charge in [0.1, 0.15) is 11.4 Å². The first-order valence-electron chi connectivity index (χ1n) is 6.19. The van der Waals surface area contributed by atoms with Crippen LogP contribution in [0.25, 0.3) is 0 Å². The molecule has 0 saturated carbocycles. The topological polar surface area (TPSA) is 35.5 Å². The van der Waals surface area contributed by atoms with Crippen LogP contribution < -0.4 is 0 Å². The van der Waals surface area contributed by atoms with Gasteiger partial charge in [0.25, 0.3) is 0 Å². The fourth-order valence-corrected chi connectivity index (χ4v) is 2.16. The van der Waals surface area contributed by atoms with E-state index < -0.39 is 5.60 Å². The van der Waals surface area contributed by atoms with Crippen LogP contribution >= 0.6 is 0 Å². The fraction of sp³-hybridized carbons (Fsp3) is 0.929. The summed E-state index contributed by atoms with van der Waals surface area (Å²) in [7, 11) is 0. The lowest BCUT2D eigenvalue weighted by atomic mass is 9.84. The zero-order valence-corrected chi connectivity index (χ0v) is 12.6. The van der Waals surface area contributed by atoms with Crippen LogP contribution in [0, 0.1) is 5.41 Å². The molecule has 0 amide bonds. The number of hydrogen-bond acceptors (Lipinski definition) is 3. The lowest BCUT2D eigenvalue weighted by molar-refractivity contribution is -0.403. The van der Waals surface area contributed by atoms with Crippen molar-refractivity contribution in [3.8, 4) is 0 Å². The Hall–Kier alpha value is -0.410. The van der Waals surface area contributed by atoms with E-state index in [2.05, 4.69) is 20.8 Å². The zero-order chi connectivity index (χ0) is 13.9. The van der Waals surface area contributed by atoms with Gasteiger partial charge in [0.05, 0.1) is 5.60 Å². The molecule has 0 bridgehead atoms. The van der Waals surface area contributed by atoms with E-state index in [0.29, 0.717) is 6.42 Å². The van der Waals surface area contributed by atoms with Crippen LogP contribution in [-0.4, -0.2) is 17.0 Å². The number of carbonyl (C=O) groups is 1. The third-order valence-corrected chi connectivity index (χ3v) is 2.12. The van der Waals surface area contributed by atoms with E-state index in [9.17, 15) is 4.79 Å². The number of hydrogen-bond donors (Lipinski definition) is 0. The third-order valence-electron chi connectivity index (χ3n) is 2.12. The van der Waals surface area contributed by atoms with Gasteiger partial charge in [-0.25, -0.2) is 9.78 Å². The van der Waals surface area contributed by atoms with Crippen LogP contribution in [0.3, 0.4) is 0 Å². The van der Waals surface area contributed by atoms with E-state index in [4.69, 9.17) is 9.78 Å². The second-order valence-corrected chi connectivity index (χ2v) is 7.30. The van der Waals surface area contributed by atoms with Crippen molar-refractivity contribution in [1.29, 1.82) is 0 Å². The molecule has 0 aromatic rings. The minimum Gasteiger partial charge on any atom is -0.300 e. The van der Waals surface area contributed by atoms with Gasteiger partial charge in [-0.2, -0.15) is 0 Å². The van der Waals surface area contributed by atoms with Crippen molar-refractivity contribution in [2.75, 3.05) is 0 Å². The van der Waals surface area contributed by atoms with Gasteiger partial charge in [-0.15, -0.1) is 0 Å². The van der Waals surface area contributed by atoms with Gasteiger partial charge in [0.15, 0.2) is 0 Å². The quantitative estimate of drug-likeness (QED) is 0.525. The van der Waals surface area contributed by atoms with Gasteiger partial charge in [0, 0.05) is 6.42 Å². The summed E-state index contributed by atoms with van der Waals surface area (Å²) in [5.74, 6) is 0.104. The van der Waals surface area contributed by atoms with Crippen LogP contribution in [0.4, 0.5) is 0 Å². The smallest absolute Gasteiger partial charge is 0.132 e. The summed E-state index contributed by atoms with van der Waals surface area (Å²) >= 11 is 0. The highest BCUT2D eigenvalue weighted by Gasteiger charge is 2.31. The summed E-state index contributed by atoms with van der Waals surface area (Å²) in [5, 5.41) is 0. The molecule has 0 rings (SSSR count). The van der Waals surface area contributed by atoms with Crippen molar-refractivity contribution >= 4 is 5.78 Å². The van der Waals surface area contributed by atoms with E-state index in [-0.39, 0.29) is 16.8 Å². The standard InChI is InChI=1S/C14H28O3/c1-11(15)9-13(5,6)16-17-14(7,8)10-12(2,3)4/h9-10H2,1-8H3. The zero-order valence-electron chi connectivity index (χ0n) is 12.6. The minimum absolute atomic E-state index is 0.104. The van der Waals surface area contributed by atoms with E-state index in [0.717, 1.165) is 6.42 Å². The summed E-state index contributed by atoms with van der Waals surface area (Å²) in [6.07, 6.45) is 1.24. The van der Waals surface area contributed by atoms with Crippen molar-refractivity contribution in [2.24, 2.45) is 5.41 Å². The molecule has 3 heteroatoms. The van der Waals surface area contributed by atoms with Crippen molar-refractivity contribution in [1.82, 2.24) is 0 Å². The number of carbonyl (C=O) groups excluding carboxylic acids is 1. The molecule has 0 aliphatic rings. The summed E-state index contributed by atoms with van der Waals surface area (Å²) in [6, 6.07) is 0. The normalized spacial score (nSPS) is 13.9.